The largest absolute Gasteiger partial charge is 0.493 e. The summed E-state index contributed by atoms with van der Waals surface area (Å²) in [6.45, 7) is 1.16. The molecule has 1 aliphatic rings. The van der Waals surface area contributed by atoms with E-state index in [0.717, 1.165) is 11.3 Å². The van der Waals surface area contributed by atoms with Crippen LogP contribution in [-0.2, 0) is 4.79 Å². The second-order valence-electron chi connectivity index (χ2n) is 7.60. The van der Waals surface area contributed by atoms with Gasteiger partial charge in [0.15, 0.2) is 16.6 Å². The van der Waals surface area contributed by atoms with Gasteiger partial charge in [0.05, 0.1) is 24.8 Å². The van der Waals surface area contributed by atoms with Gasteiger partial charge >= 0.3 is 0 Å². The van der Waals surface area contributed by atoms with Crippen LogP contribution in [-0.4, -0.2) is 43.1 Å². The van der Waals surface area contributed by atoms with Gasteiger partial charge in [-0.05, 0) is 37.1 Å². The average Bonchev–Trinajstić information content (AvgIpc) is 3.32. The number of rotatable bonds is 7. The molecule has 2 heterocycles. The van der Waals surface area contributed by atoms with E-state index in [1.54, 1.807) is 32.4 Å². The molecular weight excluding hydrogens is 444 g/mol. The molecule has 0 aliphatic carbocycles. The minimum Gasteiger partial charge on any atom is -0.493 e. The monoisotopic (exact) mass is 468 g/mol. The first kappa shape index (κ1) is 22.5. The van der Waals surface area contributed by atoms with Gasteiger partial charge in [0, 0.05) is 36.0 Å². The van der Waals surface area contributed by atoms with Crippen molar-refractivity contribution in [2.75, 3.05) is 37.5 Å². The first-order valence-corrected chi connectivity index (χ1v) is 11.3. The number of hydrogen-bond acceptors (Lipinski definition) is 8. The molecule has 0 unspecified atom stereocenters. The van der Waals surface area contributed by atoms with E-state index < -0.39 is 0 Å². The van der Waals surface area contributed by atoms with Crippen molar-refractivity contribution in [1.82, 2.24) is 4.98 Å². The number of methoxy groups -OCH3 is 2. The van der Waals surface area contributed by atoms with Crippen LogP contribution in [0.3, 0.4) is 0 Å². The molecule has 1 aliphatic heterocycles. The van der Waals surface area contributed by atoms with Crippen molar-refractivity contribution < 1.29 is 19.2 Å². The highest BCUT2D eigenvalue weighted by molar-refractivity contribution is 7.14. The van der Waals surface area contributed by atoms with Gasteiger partial charge in [-0.2, -0.15) is 0 Å². The van der Waals surface area contributed by atoms with Crippen LogP contribution in [0.5, 0.6) is 11.5 Å². The number of carbonyl (C=O) groups excluding carboxylic acids is 1. The highest BCUT2D eigenvalue weighted by atomic mass is 32.1. The van der Waals surface area contributed by atoms with Gasteiger partial charge in [-0.1, -0.05) is 12.1 Å². The van der Waals surface area contributed by atoms with E-state index in [-0.39, 0.29) is 22.4 Å². The van der Waals surface area contributed by atoms with E-state index in [1.807, 2.05) is 28.5 Å². The van der Waals surface area contributed by atoms with Crippen LogP contribution in [0.25, 0.3) is 11.3 Å². The van der Waals surface area contributed by atoms with Gasteiger partial charge in [-0.3, -0.25) is 14.9 Å². The molecule has 172 valence electrons. The van der Waals surface area contributed by atoms with Crippen LogP contribution in [0.4, 0.5) is 16.5 Å². The number of hydrogen-bond donors (Lipinski definition) is 1. The van der Waals surface area contributed by atoms with Crippen molar-refractivity contribution in [3.63, 3.8) is 0 Å². The Balaban J connectivity index is 1.38. The van der Waals surface area contributed by atoms with E-state index in [9.17, 15) is 14.9 Å². The quantitative estimate of drug-likeness (QED) is 0.399. The number of amides is 1. The Kier molecular flexibility index (Phi) is 6.74. The molecule has 0 atom stereocenters. The van der Waals surface area contributed by atoms with Gasteiger partial charge in [-0.25, -0.2) is 4.98 Å². The lowest BCUT2D eigenvalue weighted by Crippen LogP contribution is -2.38. The van der Waals surface area contributed by atoms with E-state index in [4.69, 9.17) is 9.47 Å². The summed E-state index contributed by atoms with van der Waals surface area (Å²) in [4.78, 5) is 30.3. The van der Waals surface area contributed by atoms with Crippen LogP contribution in [0.2, 0.25) is 0 Å². The summed E-state index contributed by atoms with van der Waals surface area (Å²) < 4.78 is 10.6. The number of anilines is 2. The summed E-state index contributed by atoms with van der Waals surface area (Å²) in [5, 5.41) is 16.6. The van der Waals surface area contributed by atoms with Crippen molar-refractivity contribution in [2.45, 2.75) is 12.8 Å². The SMILES string of the molecule is COc1ccc(-c2csc(NC(=O)C3CCN(c4ccccc4[N+](=O)[O-])CC3)n2)cc1OC. The number of piperidine rings is 1. The van der Waals surface area contributed by atoms with Gasteiger partial charge in [-0.15, -0.1) is 11.3 Å². The summed E-state index contributed by atoms with van der Waals surface area (Å²) in [5.41, 5.74) is 2.29. The van der Waals surface area contributed by atoms with Crippen LogP contribution >= 0.6 is 11.3 Å². The molecule has 1 amide bonds. The van der Waals surface area contributed by atoms with E-state index >= 15 is 0 Å². The number of nitrogens with zero attached hydrogens (tertiary/aromatic N) is 3. The molecule has 3 aromatic rings. The number of nitro groups is 1. The topological polar surface area (TPSA) is 107 Å². The molecule has 0 saturated carbocycles. The highest BCUT2D eigenvalue weighted by Gasteiger charge is 2.28. The predicted octanol–water partition coefficient (Wildman–Crippen LogP) is 4.59. The van der Waals surface area contributed by atoms with Crippen molar-refractivity contribution in [3.8, 4) is 22.8 Å². The summed E-state index contributed by atoms with van der Waals surface area (Å²) in [5.74, 6) is 0.999. The molecule has 33 heavy (non-hydrogen) atoms. The van der Waals surface area contributed by atoms with Crippen LogP contribution in [0, 0.1) is 16.0 Å². The molecule has 1 aromatic heterocycles. The lowest BCUT2D eigenvalue weighted by molar-refractivity contribution is -0.384. The maximum Gasteiger partial charge on any atom is 0.292 e. The average molecular weight is 469 g/mol. The molecule has 1 fully saturated rings. The smallest absolute Gasteiger partial charge is 0.292 e. The maximum atomic E-state index is 12.8. The number of thiazole rings is 1. The van der Waals surface area contributed by atoms with Gasteiger partial charge in [0.1, 0.15) is 5.69 Å². The number of benzene rings is 2. The Hall–Kier alpha value is -3.66. The number of nitro benzene ring substituents is 1. The third-order valence-electron chi connectivity index (χ3n) is 5.70. The number of carbonyl (C=O) groups is 1. The maximum absolute atomic E-state index is 12.8. The van der Waals surface area contributed by atoms with Crippen molar-refractivity contribution in [1.29, 1.82) is 0 Å². The zero-order valence-electron chi connectivity index (χ0n) is 18.3. The summed E-state index contributed by atoms with van der Waals surface area (Å²) >= 11 is 1.36. The Labute approximate surface area is 195 Å². The zero-order chi connectivity index (χ0) is 23.4. The molecule has 9 nitrogen and oxygen atoms in total. The van der Waals surface area contributed by atoms with Gasteiger partial charge in [0.25, 0.3) is 5.69 Å². The zero-order valence-corrected chi connectivity index (χ0v) is 19.1. The molecule has 0 radical (unpaired) electrons. The second kappa shape index (κ2) is 9.86. The first-order chi connectivity index (χ1) is 16.0. The van der Waals surface area contributed by atoms with E-state index in [0.29, 0.717) is 48.2 Å². The second-order valence-corrected chi connectivity index (χ2v) is 8.46. The molecule has 0 spiro atoms. The predicted molar refractivity (Wildman–Crippen MR) is 127 cm³/mol. The lowest BCUT2D eigenvalue weighted by atomic mass is 9.95. The van der Waals surface area contributed by atoms with Crippen molar-refractivity contribution in [2.24, 2.45) is 5.92 Å². The fourth-order valence-corrected chi connectivity index (χ4v) is 4.66. The molecule has 2 aromatic carbocycles. The Morgan fingerprint density at radius 3 is 2.58 bits per heavy atom. The minimum atomic E-state index is -0.368. The van der Waals surface area contributed by atoms with Crippen molar-refractivity contribution in [3.05, 3.63) is 58.0 Å². The normalized spacial score (nSPS) is 14.1. The minimum absolute atomic E-state index is 0.0783. The fraction of sp³-hybridized carbons (Fsp3) is 0.304. The van der Waals surface area contributed by atoms with Crippen LogP contribution in [0.1, 0.15) is 12.8 Å². The Bertz CT molecular complexity index is 1160. The third-order valence-corrected chi connectivity index (χ3v) is 6.46. The number of para-hydroxylation sites is 2. The highest BCUT2D eigenvalue weighted by Crippen LogP contribution is 2.34. The molecule has 1 N–H and O–H groups in total. The van der Waals surface area contributed by atoms with E-state index in [1.165, 1.54) is 17.4 Å². The van der Waals surface area contributed by atoms with Crippen molar-refractivity contribution >= 4 is 33.8 Å². The summed E-state index contributed by atoms with van der Waals surface area (Å²) in [6, 6.07) is 12.3. The third kappa shape index (κ3) is 4.90. The van der Waals surface area contributed by atoms with Gasteiger partial charge in [0.2, 0.25) is 5.91 Å². The van der Waals surface area contributed by atoms with E-state index in [2.05, 4.69) is 10.3 Å². The molecule has 4 rings (SSSR count). The lowest BCUT2D eigenvalue weighted by Gasteiger charge is -2.32. The Morgan fingerprint density at radius 2 is 1.88 bits per heavy atom. The van der Waals surface area contributed by atoms with Crippen LogP contribution < -0.4 is 19.7 Å². The molecular formula is C23H24N4O5S. The Morgan fingerprint density at radius 1 is 1.15 bits per heavy atom. The van der Waals surface area contributed by atoms with Gasteiger partial charge < -0.3 is 19.7 Å². The number of nitrogens with one attached hydrogen (secondary N) is 1. The number of aromatic nitrogens is 1. The van der Waals surface area contributed by atoms with Crippen LogP contribution in [0.15, 0.2) is 47.8 Å². The molecule has 0 bridgehead atoms. The summed E-state index contributed by atoms with van der Waals surface area (Å²) in [6.07, 6.45) is 1.23. The standard InChI is InChI=1S/C23H24N4O5S/c1-31-20-8-7-16(13-21(20)32-2)17-14-33-23(24-17)25-22(28)15-9-11-26(12-10-15)18-5-3-4-6-19(18)27(29)30/h3-8,13-15H,9-12H2,1-2H3,(H,24,25,28). The molecule has 1 saturated heterocycles. The number of ether oxygens (including phenoxy) is 2. The molecule has 10 heteroatoms. The first-order valence-electron chi connectivity index (χ1n) is 10.5. The fourth-order valence-electron chi connectivity index (χ4n) is 3.94. The summed E-state index contributed by atoms with van der Waals surface area (Å²) in [7, 11) is 3.16.